The van der Waals surface area contributed by atoms with Gasteiger partial charge in [-0.2, -0.15) is 4.31 Å². The summed E-state index contributed by atoms with van der Waals surface area (Å²) in [5.74, 6) is -1.48. The Labute approximate surface area is 182 Å². The van der Waals surface area contributed by atoms with Gasteiger partial charge in [0.2, 0.25) is 10.0 Å². The zero-order chi connectivity index (χ0) is 22.0. The van der Waals surface area contributed by atoms with E-state index >= 15 is 0 Å². The van der Waals surface area contributed by atoms with Gasteiger partial charge < -0.3 is 10.2 Å². The highest BCUT2D eigenvalue weighted by Gasteiger charge is 2.33. The maximum Gasteiger partial charge on any atom is 0.267 e. The molecule has 1 aliphatic rings. The second-order valence-corrected chi connectivity index (χ2v) is 9.74. The SMILES string of the molecule is O=C(Nc1cccc(F)c1)c1sccc1S(=O)(=O)N1CCN(c2ccccc2F)CC1. The highest BCUT2D eigenvalue weighted by Crippen LogP contribution is 2.28. The van der Waals surface area contributed by atoms with Crippen molar-refractivity contribution in [2.45, 2.75) is 4.90 Å². The molecule has 31 heavy (non-hydrogen) atoms. The predicted molar refractivity (Wildman–Crippen MR) is 116 cm³/mol. The number of benzene rings is 2. The van der Waals surface area contributed by atoms with E-state index in [0.717, 1.165) is 17.4 Å². The number of halogens is 2. The standard InChI is InChI=1S/C21H19F2N3O3S2/c22-15-4-3-5-16(14-15)24-21(27)20-19(8-13-30-20)31(28,29)26-11-9-25(10-12-26)18-7-2-1-6-17(18)23/h1-8,13-14H,9-12H2,(H,24,27). The minimum Gasteiger partial charge on any atom is -0.367 e. The monoisotopic (exact) mass is 463 g/mol. The van der Waals surface area contributed by atoms with Crippen LogP contribution in [0.3, 0.4) is 0 Å². The number of piperazine rings is 1. The quantitative estimate of drug-likeness (QED) is 0.625. The molecule has 2 heterocycles. The predicted octanol–water partition coefficient (Wildman–Crippen LogP) is 3.79. The maximum absolute atomic E-state index is 14.0. The van der Waals surface area contributed by atoms with E-state index < -0.39 is 21.7 Å². The van der Waals surface area contributed by atoms with Gasteiger partial charge in [0.15, 0.2) is 0 Å². The van der Waals surface area contributed by atoms with Gasteiger partial charge in [-0.15, -0.1) is 11.3 Å². The number of amides is 1. The van der Waals surface area contributed by atoms with Crippen LogP contribution in [0.1, 0.15) is 9.67 Å². The van der Waals surface area contributed by atoms with Gasteiger partial charge in [0.05, 0.1) is 5.69 Å². The minimum absolute atomic E-state index is 0.0285. The van der Waals surface area contributed by atoms with Gasteiger partial charge in [0, 0.05) is 31.9 Å². The number of nitrogens with zero attached hydrogens (tertiary/aromatic N) is 2. The Hall–Kier alpha value is -2.82. The van der Waals surface area contributed by atoms with Crippen molar-refractivity contribution in [1.82, 2.24) is 4.31 Å². The van der Waals surface area contributed by atoms with Crippen LogP contribution < -0.4 is 10.2 Å². The third-order valence-corrected chi connectivity index (χ3v) is 7.95. The Morgan fingerprint density at radius 3 is 2.42 bits per heavy atom. The smallest absolute Gasteiger partial charge is 0.267 e. The van der Waals surface area contributed by atoms with Crippen molar-refractivity contribution < 1.29 is 22.0 Å². The lowest BCUT2D eigenvalue weighted by molar-refractivity contribution is 0.102. The van der Waals surface area contributed by atoms with Crippen molar-refractivity contribution in [3.05, 3.63) is 76.5 Å². The molecular weight excluding hydrogens is 444 g/mol. The summed E-state index contributed by atoms with van der Waals surface area (Å²) in [6, 6.07) is 13.1. The molecule has 1 aromatic heterocycles. The summed E-state index contributed by atoms with van der Waals surface area (Å²) in [5.41, 5.74) is 0.672. The van der Waals surface area contributed by atoms with Gasteiger partial charge in [0.25, 0.3) is 5.91 Å². The molecular formula is C21H19F2N3O3S2. The molecule has 0 unspecified atom stereocenters. The Kier molecular flexibility index (Phi) is 6.03. The van der Waals surface area contributed by atoms with E-state index in [1.807, 2.05) is 0 Å². The molecule has 10 heteroatoms. The zero-order valence-electron chi connectivity index (χ0n) is 16.3. The minimum atomic E-state index is -3.92. The van der Waals surface area contributed by atoms with Crippen LogP contribution in [0.25, 0.3) is 0 Å². The molecule has 0 spiro atoms. The van der Waals surface area contributed by atoms with Crippen molar-refractivity contribution in [3.63, 3.8) is 0 Å². The fourth-order valence-corrected chi connectivity index (χ4v) is 6.15. The third-order valence-electron chi connectivity index (χ3n) is 4.97. The Morgan fingerprint density at radius 2 is 1.71 bits per heavy atom. The Morgan fingerprint density at radius 1 is 0.968 bits per heavy atom. The van der Waals surface area contributed by atoms with Crippen LogP contribution in [0.15, 0.2) is 64.9 Å². The van der Waals surface area contributed by atoms with Gasteiger partial charge >= 0.3 is 0 Å². The first-order chi connectivity index (χ1) is 14.9. The topological polar surface area (TPSA) is 69.7 Å². The van der Waals surface area contributed by atoms with Gasteiger partial charge in [-0.1, -0.05) is 18.2 Å². The number of carbonyl (C=O) groups excluding carboxylic acids is 1. The first-order valence-electron chi connectivity index (χ1n) is 9.50. The number of rotatable bonds is 5. The summed E-state index contributed by atoms with van der Waals surface area (Å²) in [4.78, 5) is 14.4. The number of anilines is 2. The normalized spacial score (nSPS) is 15.1. The first kappa shape index (κ1) is 21.4. The number of carbonyl (C=O) groups is 1. The van der Waals surface area contributed by atoms with Crippen LogP contribution in [-0.2, 0) is 10.0 Å². The summed E-state index contributed by atoms with van der Waals surface area (Å²) >= 11 is 1.000. The third kappa shape index (κ3) is 4.46. The molecule has 6 nitrogen and oxygen atoms in total. The van der Waals surface area contributed by atoms with Crippen molar-refractivity contribution in [3.8, 4) is 0 Å². The van der Waals surface area contributed by atoms with E-state index in [1.54, 1.807) is 23.1 Å². The lowest BCUT2D eigenvalue weighted by atomic mass is 10.2. The van der Waals surface area contributed by atoms with E-state index in [2.05, 4.69) is 5.32 Å². The molecule has 0 bridgehead atoms. The molecule has 0 atom stereocenters. The average Bonchev–Trinajstić information content (AvgIpc) is 3.25. The first-order valence-corrected chi connectivity index (χ1v) is 11.8. The van der Waals surface area contributed by atoms with E-state index in [1.165, 1.54) is 40.0 Å². The summed E-state index contributed by atoms with van der Waals surface area (Å²) < 4.78 is 55.1. The number of sulfonamides is 1. The molecule has 0 aliphatic carbocycles. The van der Waals surface area contributed by atoms with E-state index in [4.69, 9.17) is 0 Å². The van der Waals surface area contributed by atoms with Gasteiger partial charge in [-0.3, -0.25) is 4.79 Å². The largest absolute Gasteiger partial charge is 0.367 e. The Bertz CT molecular complexity index is 1210. The average molecular weight is 464 g/mol. The van der Waals surface area contributed by atoms with Crippen LogP contribution in [-0.4, -0.2) is 44.8 Å². The van der Waals surface area contributed by atoms with Gasteiger partial charge in [0.1, 0.15) is 21.4 Å². The Balaban J connectivity index is 1.50. The number of hydrogen-bond acceptors (Lipinski definition) is 5. The molecule has 1 fully saturated rings. The van der Waals surface area contributed by atoms with E-state index in [0.29, 0.717) is 18.8 Å². The van der Waals surface area contributed by atoms with Crippen molar-refractivity contribution in [2.24, 2.45) is 0 Å². The number of para-hydroxylation sites is 1. The van der Waals surface area contributed by atoms with E-state index in [-0.39, 0.29) is 34.4 Å². The fourth-order valence-electron chi connectivity index (χ4n) is 3.44. The molecule has 2 aromatic carbocycles. The highest BCUT2D eigenvalue weighted by molar-refractivity contribution is 7.89. The highest BCUT2D eigenvalue weighted by atomic mass is 32.2. The summed E-state index contributed by atoms with van der Waals surface area (Å²) in [6.45, 7) is 0.985. The van der Waals surface area contributed by atoms with Crippen LogP contribution in [0.5, 0.6) is 0 Å². The van der Waals surface area contributed by atoms with Crippen LogP contribution in [0.4, 0.5) is 20.2 Å². The van der Waals surface area contributed by atoms with Gasteiger partial charge in [-0.05, 0) is 41.8 Å². The number of hydrogen-bond donors (Lipinski definition) is 1. The molecule has 0 saturated carbocycles. The van der Waals surface area contributed by atoms with Crippen LogP contribution >= 0.6 is 11.3 Å². The summed E-state index contributed by atoms with van der Waals surface area (Å²) in [7, 11) is -3.92. The molecule has 162 valence electrons. The van der Waals surface area contributed by atoms with Crippen LogP contribution in [0, 0.1) is 11.6 Å². The van der Waals surface area contributed by atoms with Crippen molar-refractivity contribution >= 4 is 38.6 Å². The maximum atomic E-state index is 14.0. The second kappa shape index (κ2) is 8.74. The molecule has 0 radical (unpaired) electrons. The summed E-state index contributed by atoms with van der Waals surface area (Å²) in [5, 5.41) is 4.06. The molecule has 1 saturated heterocycles. The van der Waals surface area contributed by atoms with Crippen molar-refractivity contribution in [1.29, 1.82) is 0 Å². The molecule has 3 aromatic rings. The fraction of sp³-hybridized carbons (Fsp3) is 0.190. The zero-order valence-corrected chi connectivity index (χ0v) is 17.9. The molecule has 1 N–H and O–H groups in total. The van der Waals surface area contributed by atoms with E-state index in [9.17, 15) is 22.0 Å². The number of nitrogens with one attached hydrogen (secondary N) is 1. The van der Waals surface area contributed by atoms with Crippen LogP contribution in [0.2, 0.25) is 0 Å². The molecule has 1 aliphatic heterocycles. The lowest BCUT2D eigenvalue weighted by Gasteiger charge is -2.35. The lowest BCUT2D eigenvalue weighted by Crippen LogP contribution is -2.49. The van der Waals surface area contributed by atoms with Crippen molar-refractivity contribution in [2.75, 3.05) is 36.4 Å². The molecule has 1 amide bonds. The molecule has 4 rings (SSSR count). The summed E-state index contributed by atoms with van der Waals surface area (Å²) in [6.07, 6.45) is 0. The second-order valence-electron chi connectivity index (χ2n) is 6.92. The number of thiophene rings is 1. The van der Waals surface area contributed by atoms with Gasteiger partial charge in [-0.25, -0.2) is 17.2 Å².